The van der Waals surface area contributed by atoms with Gasteiger partial charge in [-0.1, -0.05) is 0 Å². The van der Waals surface area contributed by atoms with Gasteiger partial charge in [-0.05, 0) is 0 Å². The molecule has 0 spiro atoms. The fraction of sp³-hybridized carbons (Fsp3) is 0.857. The van der Waals surface area contributed by atoms with Gasteiger partial charge in [0.1, 0.15) is 18.3 Å². The first kappa shape index (κ1) is 13.4. The summed E-state index contributed by atoms with van der Waals surface area (Å²) < 4.78 is 0. The molecule has 7 nitrogen and oxygen atoms in total. The van der Waals surface area contributed by atoms with Crippen molar-refractivity contribution in [1.82, 2.24) is 0 Å². The smallest absolute Gasteiger partial charge is 0.195 e. The molecule has 7 heteroatoms. The highest BCUT2D eigenvalue weighted by Crippen LogP contribution is 2.02. The molecule has 0 heterocycles. The third-order valence-electron chi connectivity index (χ3n) is 1.74. The molecule has 0 aliphatic rings. The number of nitrogens with two attached hydrogens (primary N) is 1. The molecular weight excluding hydrogens is 194 g/mol. The van der Waals surface area contributed by atoms with Crippen LogP contribution in [-0.4, -0.2) is 68.9 Å². The van der Waals surface area contributed by atoms with Gasteiger partial charge in [-0.15, -0.1) is 0 Å². The van der Waals surface area contributed by atoms with E-state index in [1.807, 2.05) is 0 Å². The van der Waals surface area contributed by atoms with Gasteiger partial charge in [0, 0.05) is 6.54 Å². The summed E-state index contributed by atoms with van der Waals surface area (Å²) in [6, 6.07) is 0. The fourth-order valence-corrected chi connectivity index (χ4v) is 0.783. The largest absolute Gasteiger partial charge is 0.394 e. The number of aliphatic hydroxyl groups excluding tert-OH is 5. The maximum Gasteiger partial charge on any atom is 0.195 e. The fourth-order valence-electron chi connectivity index (χ4n) is 0.783. The van der Waals surface area contributed by atoms with E-state index in [0.717, 1.165) is 0 Å². The minimum Gasteiger partial charge on any atom is -0.394 e. The van der Waals surface area contributed by atoms with Crippen LogP contribution < -0.4 is 5.73 Å². The van der Waals surface area contributed by atoms with E-state index >= 15 is 0 Å². The third kappa shape index (κ3) is 3.29. The number of carbonyl (C=O) groups excluding carboxylic acids is 1. The average molecular weight is 209 g/mol. The molecule has 0 amide bonds. The highest BCUT2D eigenvalue weighted by atomic mass is 16.4. The van der Waals surface area contributed by atoms with E-state index in [4.69, 9.17) is 31.3 Å². The summed E-state index contributed by atoms with van der Waals surface area (Å²) >= 11 is 0. The number of ketones is 1. The Bertz CT molecular complexity index is 169. The lowest BCUT2D eigenvalue weighted by Crippen LogP contribution is -2.48. The zero-order valence-electron chi connectivity index (χ0n) is 7.45. The molecule has 0 radical (unpaired) electrons. The number of carbonyl (C=O) groups is 1. The van der Waals surface area contributed by atoms with Crippen LogP contribution in [0.2, 0.25) is 0 Å². The molecule has 0 bridgehead atoms. The van der Waals surface area contributed by atoms with Crippen LogP contribution in [0.4, 0.5) is 0 Å². The number of Topliss-reactive ketones (excluding diaryl/α,β-unsaturated/α-hetero) is 1. The van der Waals surface area contributed by atoms with Crippen LogP contribution in [-0.2, 0) is 4.79 Å². The standard InChI is InChI=1S/C7H15NO6/c8-1-3(10)5(12)7(14)6(13)4(11)2-9/h3-6,9-13H,1-2,8H2/t3?,4-,5+,6-/m1/s1. The zero-order chi connectivity index (χ0) is 11.3. The van der Waals surface area contributed by atoms with Gasteiger partial charge in [0.25, 0.3) is 0 Å². The van der Waals surface area contributed by atoms with Gasteiger partial charge in [-0.2, -0.15) is 0 Å². The molecule has 0 fully saturated rings. The Morgan fingerprint density at radius 2 is 1.50 bits per heavy atom. The second-order valence-electron chi connectivity index (χ2n) is 2.85. The van der Waals surface area contributed by atoms with E-state index in [1.54, 1.807) is 0 Å². The van der Waals surface area contributed by atoms with Crippen LogP contribution in [0.3, 0.4) is 0 Å². The molecule has 0 aromatic carbocycles. The van der Waals surface area contributed by atoms with Crippen molar-refractivity contribution in [3.8, 4) is 0 Å². The molecule has 0 aromatic rings. The minimum absolute atomic E-state index is 0.352. The Hall–Kier alpha value is -0.570. The van der Waals surface area contributed by atoms with Crippen molar-refractivity contribution in [2.75, 3.05) is 13.2 Å². The Morgan fingerprint density at radius 3 is 1.86 bits per heavy atom. The lowest BCUT2D eigenvalue weighted by molar-refractivity contribution is -0.148. The lowest BCUT2D eigenvalue weighted by atomic mass is 10.0. The normalized spacial score (nSPS) is 19.9. The SMILES string of the molecule is NCC(O)[C@H](O)C(=O)[C@H](O)[C@H](O)CO. The van der Waals surface area contributed by atoms with Gasteiger partial charge in [0.05, 0.1) is 12.7 Å². The molecule has 0 rings (SSSR count). The highest BCUT2D eigenvalue weighted by molar-refractivity contribution is 5.88. The average Bonchev–Trinajstić information content (AvgIpc) is 2.23. The lowest BCUT2D eigenvalue weighted by Gasteiger charge is -2.20. The van der Waals surface area contributed by atoms with E-state index in [2.05, 4.69) is 0 Å². The molecule has 7 N–H and O–H groups in total. The van der Waals surface area contributed by atoms with Crippen LogP contribution in [0.25, 0.3) is 0 Å². The Labute approximate surface area is 80.4 Å². The van der Waals surface area contributed by atoms with E-state index in [1.165, 1.54) is 0 Å². The van der Waals surface area contributed by atoms with E-state index in [0.29, 0.717) is 0 Å². The summed E-state index contributed by atoms with van der Waals surface area (Å²) in [6.45, 7) is -1.17. The van der Waals surface area contributed by atoms with E-state index < -0.39 is 36.8 Å². The summed E-state index contributed by atoms with van der Waals surface area (Å²) in [6.07, 6.45) is -6.97. The first-order valence-corrected chi connectivity index (χ1v) is 4.02. The first-order valence-electron chi connectivity index (χ1n) is 4.02. The maximum atomic E-state index is 11.1. The maximum absolute atomic E-state index is 11.1. The molecule has 0 aromatic heterocycles. The summed E-state index contributed by atoms with van der Waals surface area (Å²) in [4.78, 5) is 11.1. The van der Waals surface area contributed by atoms with Crippen molar-refractivity contribution >= 4 is 5.78 Å². The second kappa shape index (κ2) is 6.02. The van der Waals surface area contributed by atoms with Gasteiger partial charge in [-0.3, -0.25) is 4.79 Å². The minimum atomic E-state index is -1.93. The quantitative estimate of drug-likeness (QED) is 0.261. The zero-order valence-corrected chi connectivity index (χ0v) is 7.45. The van der Waals surface area contributed by atoms with Gasteiger partial charge >= 0.3 is 0 Å². The summed E-state index contributed by atoms with van der Waals surface area (Å²) in [7, 11) is 0. The van der Waals surface area contributed by atoms with Gasteiger partial charge in [-0.25, -0.2) is 0 Å². The second-order valence-corrected chi connectivity index (χ2v) is 2.85. The van der Waals surface area contributed by atoms with Crippen LogP contribution in [0.5, 0.6) is 0 Å². The Kier molecular flexibility index (Phi) is 5.77. The number of hydrogen-bond donors (Lipinski definition) is 6. The van der Waals surface area contributed by atoms with Crippen molar-refractivity contribution in [3.63, 3.8) is 0 Å². The number of hydrogen-bond acceptors (Lipinski definition) is 7. The molecule has 84 valence electrons. The van der Waals surface area contributed by atoms with Crippen molar-refractivity contribution in [2.24, 2.45) is 5.73 Å². The van der Waals surface area contributed by atoms with Gasteiger partial charge < -0.3 is 31.3 Å². The van der Waals surface area contributed by atoms with E-state index in [9.17, 15) is 4.79 Å². The first-order chi connectivity index (χ1) is 6.45. The van der Waals surface area contributed by atoms with Crippen molar-refractivity contribution < 1.29 is 30.3 Å². The molecule has 4 atom stereocenters. The topological polar surface area (TPSA) is 144 Å². The van der Waals surface area contributed by atoms with Gasteiger partial charge in [0.15, 0.2) is 5.78 Å². The Balaban J connectivity index is 4.31. The molecular formula is C7H15NO6. The summed E-state index contributed by atoms with van der Waals surface area (Å²) in [5.74, 6) is -1.18. The van der Waals surface area contributed by atoms with Crippen LogP contribution in [0, 0.1) is 0 Å². The van der Waals surface area contributed by atoms with E-state index in [-0.39, 0.29) is 6.54 Å². The molecule has 0 aliphatic heterocycles. The van der Waals surface area contributed by atoms with Crippen molar-refractivity contribution in [2.45, 2.75) is 24.4 Å². The van der Waals surface area contributed by atoms with Crippen LogP contribution in [0.15, 0.2) is 0 Å². The van der Waals surface area contributed by atoms with Gasteiger partial charge in [0.2, 0.25) is 0 Å². The predicted molar refractivity (Wildman–Crippen MR) is 45.2 cm³/mol. The summed E-state index contributed by atoms with van der Waals surface area (Å²) in [5, 5.41) is 44.3. The van der Waals surface area contributed by atoms with Crippen molar-refractivity contribution in [3.05, 3.63) is 0 Å². The molecule has 0 aliphatic carbocycles. The monoisotopic (exact) mass is 209 g/mol. The highest BCUT2D eigenvalue weighted by Gasteiger charge is 2.32. The molecule has 0 saturated carbocycles. The summed E-state index contributed by atoms with van der Waals surface area (Å²) in [5.41, 5.74) is 4.96. The molecule has 14 heavy (non-hydrogen) atoms. The molecule has 0 saturated heterocycles. The Morgan fingerprint density at radius 1 is 1.07 bits per heavy atom. The predicted octanol–water partition coefficient (Wildman–Crippen LogP) is -4.05. The van der Waals surface area contributed by atoms with Crippen LogP contribution in [0.1, 0.15) is 0 Å². The van der Waals surface area contributed by atoms with Crippen LogP contribution >= 0.6 is 0 Å². The molecule has 1 unspecified atom stereocenters. The number of rotatable bonds is 6. The third-order valence-corrected chi connectivity index (χ3v) is 1.74. The number of aliphatic hydroxyl groups is 5. The van der Waals surface area contributed by atoms with Crippen molar-refractivity contribution in [1.29, 1.82) is 0 Å².